The molecule has 2 unspecified atom stereocenters. The van der Waals surface area contributed by atoms with Crippen molar-refractivity contribution in [2.45, 2.75) is 53.6 Å². The number of rotatable bonds is 10. The van der Waals surface area contributed by atoms with Crippen LogP contribution in [0.25, 0.3) is 16.8 Å². The average Bonchev–Trinajstić information content (AvgIpc) is 3.48. The van der Waals surface area contributed by atoms with E-state index in [0.29, 0.717) is 22.3 Å². The number of anilines is 1. The maximum atomic E-state index is 13.5. The van der Waals surface area contributed by atoms with Gasteiger partial charge in [0.15, 0.2) is 0 Å². The van der Waals surface area contributed by atoms with E-state index in [4.69, 9.17) is 28.8 Å². The summed E-state index contributed by atoms with van der Waals surface area (Å²) in [5, 5.41) is 0. The Bertz CT molecular complexity index is 2000. The normalized spacial score (nSPS) is 29.8. The maximum absolute atomic E-state index is 13.5. The molecule has 3 fully saturated rings. The summed E-state index contributed by atoms with van der Waals surface area (Å²) in [4.78, 5) is 59.5. The molecule has 45 heavy (non-hydrogen) atoms. The fraction of sp³-hybridized carbons (Fsp3) is 0.500. The Kier molecular flexibility index (Phi) is 8.30. The molecule has 2 saturated heterocycles. The quantitative estimate of drug-likeness (QED) is 0.0469. The summed E-state index contributed by atoms with van der Waals surface area (Å²) in [6.45, 7) is -7.75. The van der Waals surface area contributed by atoms with Crippen molar-refractivity contribution in [1.82, 2.24) is 33.5 Å². The van der Waals surface area contributed by atoms with Crippen LogP contribution in [0.5, 0.6) is 0 Å². The Morgan fingerprint density at radius 1 is 1.27 bits per heavy atom. The van der Waals surface area contributed by atoms with E-state index in [9.17, 15) is 23.9 Å². The van der Waals surface area contributed by atoms with Crippen LogP contribution >= 0.6 is 25.8 Å². The van der Waals surface area contributed by atoms with E-state index < -0.39 is 70.0 Å². The van der Waals surface area contributed by atoms with Gasteiger partial charge in [0.25, 0.3) is 0 Å². The molecule has 0 radical (unpaired) electrons. The number of aromatic amines is 1. The third-order valence-corrected chi connectivity index (χ3v) is 13.1. The van der Waals surface area contributed by atoms with Crippen molar-refractivity contribution in [1.29, 1.82) is 0 Å². The molecule has 1 saturated carbocycles. The number of hydrogen-bond donors (Lipinski definition) is 5. The van der Waals surface area contributed by atoms with Crippen molar-refractivity contribution in [3.63, 3.8) is 0 Å². The number of thiol groups is 1. The van der Waals surface area contributed by atoms with Crippen molar-refractivity contribution in [3.05, 3.63) is 51.8 Å². The third-order valence-electron chi connectivity index (χ3n) is 7.55. The number of nitrogens with one attached hydrogen (secondary N) is 1. The first-order valence-corrected chi connectivity index (χ1v) is 21.4. The van der Waals surface area contributed by atoms with Gasteiger partial charge in [-0.25, -0.2) is 4.98 Å². The summed E-state index contributed by atoms with van der Waals surface area (Å²) >= 11 is 8.38. The van der Waals surface area contributed by atoms with Crippen LogP contribution in [-0.2, 0) is 46.0 Å². The van der Waals surface area contributed by atoms with E-state index in [1.165, 1.54) is 33.9 Å². The number of halogens is 1. The first-order chi connectivity index (χ1) is 21.3. The topological polar surface area (TPSA) is 233 Å². The van der Waals surface area contributed by atoms with E-state index >= 15 is 0 Å². The second kappa shape index (κ2) is 11.7. The van der Waals surface area contributed by atoms with Crippen molar-refractivity contribution in [2.75, 3.05) is 16.8 Å². The fourth-order valence-electron chi connectivity index (χ4n) is 5.49. The Balaban J connectivity index is 1.01. The number of ether oxygens (including phenoxy) is 2. The number of H-pyrrole nitrogens is 1. The zero-order chi connectivity index (χ0) is 31.7. The molecule has 4 aromatic heterocycles. The molecule has 3 aliphatic rings. The molecule has 5 N–H and O–H groups in total. The molecule has 0 amide bonds. The third kappa shape index (κ3) is 6.42. The SMILES string of the molecule is Nc1nc2c(ncn2C[C@@H]2O[C@H](COP(=O)(S)O[C@H]3C[C@H](n4ccc5nccn5c4=O)O[C@@]34CC4OP(O)(O)=S)C[I-]2)c(=O)[nH]1. The van der Waals surface area contributed by atoms with Crippen LogP contribution in [0.2, 0.25) is 0 Å². The summed E-state index contributed by atoms with van der Waals surface area (Å²) in [5.74, 6) is -0.0129. The molecule has 23 heteroatoms. The number of imidazole rings is 2. The number of nitrogens with two attached hydrogens (primary N) is 1. The number of fused-ring (bicyclic) bond motifs is 2. The van der Waals surface area contributed by atoms with E-state index in [-0.39, 0.29) is 41.1 Å². The van der Waals surface area contributed by atoms with Crippen molar-refractivity contribution in [3.8, 4) is 0 Å². The predicted molar refractivity (Wildman–Crippen MR) is 159 cm³/mol. The van der Waals surface area contributed by atoms with Crippen LogP contribution in [0, 0.1) is 0 Å². The van der Waals surface area contributed by atoms with Crippen molar-refractivity contribution in [2.24, 2.45) is 0 Å². The molecule has 244 valence electrons. The zero-order valence-electron chi connectivity index (χ0n) is 22.9. The first-order valence-electron chi connectivity index (χ1n) is 13.4. The van der Waals surface area contributed by atoms with Gasteiger partial charge in [0.05, 0.1) is 0 Å². The van der Waals surface area contributed by atoms with Crippen LogP contribution in [0.15, 0.2) is 40.6 Å². The van der Waals surface area contributed by atoms with Gasteiger partial charge in [0.2, 0.25) is 0 Å². The Morgan fingerprint density at radius 2 is 2.09 bits per heavy atom. The van der Waals surface area contributed by atoms with Gasteiger partial charge in [-0.05, 0) is 0 Å². The number of aromatic nitrogens is 7. The molecule has 2 aliphatic heterocycles. The predicted octanol–water partition coefficient (Wildman–Crippen LogP) is -2.88. The molecule has 0 bridgehead atoms. The van der Waals surface area contributed by atoms with Gasteiger partial charge in [-0.2, -0.15) is 0 Å². The summed E-state index contributed by atoms with van der Waals surface area (Å²) < 4.78 is 47.5. The number of hydrogen-bond acceptors (Lipinski definition) is 13. The van der Waals surface area contributed by atoms with Crippen LogP contribution in [0.1, 0.15) is 19.1 Å². The van der Waals surface area contributed by atoms with Gasteiger partial charge >= 0.3 is 252 Å². The van der Waals surface area contributed by atoms with Gasteiger partial charge in [0, 0.05) is 12.4 Å². The summed E-state index contributed by atoms with van der Waals surface area (Å²) in [6.07, 6.45) is 3.17. The van der Waals surface area contributed by atoms with Crippen molar-refractivity contribution < 1.29 is 58.6 Å². The Morgan fingerprint density at radius 3 is 2.89 bits per heavy atom. The monoisotopic (exact) mass is 815 g/mol. The molecule has 1 aliphatic carbocycles. The van der Waals surface area contributed by atoms with Crippen LogP contribution < -0.4 is 38.2 Å². The Hall–Kier alpha value is -1.75. The van der Waals surface area contributed by atoms with Crippen molar-refractivity contribution >= 4 is 60.3 Å². The number of alkyl halides is 2. The standard InChI is InChI=1S/C22H26IN8O10P2S2/c24-20-27-18-17(19(32)28-20)26-10-29(18)8-14-23-7-11(38-14)9-37-43(36,45)41-12-5-16(39-22(12)6-13(22)40-42(34,35)44)31-3-1-15-25-2-4-30(15)21(31)33/h1-4,10-14,16H,5-9H2,(H,36,45)(H2,34,35,44)(H3,24,27,28,32)/q-1/t11-,12-,13?,14-,16+,22-,43?/m0/s1. The molecule has 1 spiro atoms. The zero-order valence-corrected chi connectivity index (χ0v) is 28.5. The molecular weight excluding hydrogens is 789 g/mol. The van der Waals surface area contributed by atoms with Gasteiger partial charge in [-0.1, -0.05) is 0 Å². The van der Waals surface area contributed by atoms with Gasteiger partial charge < -0.3 is 0 Å². The van der Waals surface area contributed by atoms with E-state index in [1.807, 2.05) is 0 Å². The van der Waals surface area contributed by atoms with Crippen LogP contribution in [0.4, 0.5) is 5.95 Å². The number of nitrogen functional groups attached to an aromatic ring is 1. The van der Waals surface area contributed by atoms with Gasteiger partial charge in [-0.3, -0.25) is 0 Å². The molecule has 4 aromatic rings. The van der Waals surface area contributed by atoms with Gasteiger partial charge in [-0.15, -0.1) is 0 Å². The molecule has 6 heterocycles. The second-order valence-electron chi connectivity index (χ2n) is 10.6. The molecule has 18 nitrogen and oxygen atoms in total. The molecule has 7 atom stereocenters. The van der Waals surface area contributed by atoms with Crippen LogP contribution in [0.3, 0.4) is 0 Å². The minimum absolute atomic E-state index is 0.0129. The summed E-state index contributed by atoms with van der Waals surface area (Å²) in [6, 6.07) is 1.64. The fourth-order valence-corrected chi connectivity index (χ4v) is 10.8. The van der Waals surface area contributed by atoms with Gasteiger partial charge in [0.1, 0.15) is 5.65 Å². The second-order valence-corrected chi connectivity index (χ2v) is 19.2. The van der Waals surface area contributed by atoms with E-state index in [2.05, 4.69) is 44.0 Å². The average molecular weight is 815 g/mol. The molecule has 0 aromatic carbocycles. The molecule has 7 rings (SSSR count). The van der Waals surface area contributed by atoms with Crippen LogP contribution in [-0.4, -0.2) is 82.3 Å². The summed E-state index contributed by atoms with van der Waals surface area (Å²) in [5.41, 5.74) is 4.56. The van der Waals surface area contributed by atoms with E-state index in [1.54, 1.807) is 10.6 Å². The Labute approximate surface area is 273 Å². The first kappa shape index (κ1) is 31.8. The van der Waals surface area contributed by atoms with E-state index in [0.717, 1.165) is 0 Å². The molecular formula is C22H26IN8O10P2S2-. The number of nitrogens with zero attached hydrogens (tertiary/aromatic N) is 6. The summed E-state index contributed by atoms with van der Waals surface area (Å²) in [7, 11) is 0. The minimum atomic E-state index is -4.06.